The minimum absolute atomic E-state index is 0. The monoisotopic (exact) mass is 345 g/mol. The summed E-state index contributed by atoms with van der Waals surface area (Å²) in [6, 6.07) is 3.45. The van der Waals surface area contributed by atoms with Crippen LogP contribution in [0.3, 0.4) is 0 Å². The first-order valence-electron chi connectivity index (χ1n) is 6.21. The molecule has 0 bridgehead atoms. The van der Waals surface area contributed by atoms with E-state index < -0.39 is 17.4 Å². The molecule has 10 heteroatoms. The normalized spacial score (nSPS) is 11.3. The molecule has 3 rings (SSSR count). The summed E-state index contributed by atoms with van der Waals surface area (Å²) in [5.74, 6) is 0.354. The molecule has 0 aliphatic carbocycles. The summed E-state index contributed by atoms with van der Waals surface area (Å²) in [6.07, 6.45) is -0.0105. The van der Waals surface area contributed by atoms with Gasteiger partial charge < -0.3 is 0 Å². The predicted molar refractivity (Wildman–Crippen MR) is 78.3 cm³/mol. The number of H-pyrrole nitrogens is 1. The lowest BCUT2D eigenvalue weighted by molar-refractivity contribution is -0.140. The minimum atomic E-state index is -4.56. The van der Waals surface area contributed by atoms with Gasteiger partial charge in [-0.3, -0.25) is 14.5 Å². The van der Waals surface area contributed by atoms with Crippen LogP contribution >= 0.6 is 12.4 Å². The second-order valence-corrected chi connectivity index (χ2v) is 4.65. The fourth-order valence-electron chi connectivity index (χ4n) is 1.96. The highest BCUT2D eigenvalue weighted by Gasteiger charge is 2.33. The van der Waals surface area contributed by atoms with Crippen molar-refractivity contribution in [3.63, 3.8) is 0 Å². The molecular formula is C13H11ClF3N5O. The smallest absolute Gasteiger partial charge is 0.299 e. The van der Waals surface area contributed by atoms with Crippen molar-refractivity contribution >= 4 is 12.4 Å². The number of imidazole rings is 1. The largest absolute Gasteiger partial charge is 0.434 e. The van der Waals surface area contributed by atoms with E-state index >= 15 is 0 Å². The zero-order valence-corrected chi connectivity index (χ0v) is 12.5. The summed E-state index contributed by atoms with van der Waals surface area (Å²) >= 11 is 0. The van der Waals surface area contributed by atoms with Gasteiger partial charge in [-0.05, 0) is 24.6 Å². The molecular weight excluding hydrogens is 335 g/mol. The molecule has 0 spiro atoms. The Kier molecular flexibility index (Phi) is 4.33. The van der Waals surface area contributed by atoms with E-state index in [0.717, 1.165) is 27.3 Å². The van der Waals surface area contributed by atoms with Crippen molar-refractivity contribution in [1.29, 1.82) is 0 Å². The second-order valence-electron chi connectivity index (χ2n) is 4.65. The van der Waals surface area contributed by atoms with E-state index in [2.05, 4.69) is 15.1 Å². The Morgan fingerprint density at radius 2 is 2.00 bits per heavy atom. The van der Waals surface area contributed by atoms with Crippen molar-refractivity contribution in [2.75, 3.05) is 0 Å². The number of halogens is 4. The number of aromatic amines is 1. The standard InChI is InChI=1S/C13H10F3N5O.ClH/c1-8-2-3-17-11(4-8)21-12(22)9(5-19-21)20-6-10(18-7-20)13(14,15)16;/h2-7,19H,1H3;1H. The average Bonchev–Trinajstić information content (AvgIpc) is 3.04. The number of pyridine rings is 1. The Hall–Kier alpha value is -2.55. The van der Waals surface area contributed by atoms with Gasteiger partial charge in [0, 0.05) is 18.6 Å². The van der Waals surface area contributed by atoms with Gasteiger partial charge in [0.05, 0.1) is 0 Å². The number of hydrogen-bond donors (Lipinski definition) is 1. The van der Waals surface area contributed by atoms with Crippen LogP contribution in [0.5, 0.6) is 0 Å². The van der Waals surface area contributed by atoms with Crippen LogP contribution in [0.4, 0.5) is 13.2 Å². The fraction of sp³-hybridized carbons (Fsp3) is 0.154. The van der Waals surface area contributed by atoms with Crippen LogP contribution in [0, 0.1) is 6.92 Å². The Bertz CT molecular complexity index is 880. The Labute approximate surface area is 134 Å². The van der Waals surface area contributed by atoms with Crippen LogP contribution in [0.15, 0.2) is 41.8 Å². The summed E-state index contributed by atoms with van der Waals surface area (Å²) in [7, 11) is 0. The Morgan fingerprint density at radius 3 is 2.61 bits per heavy atom. The van der Waals surface area contributed by atoms with Crippen molar-refractivity contribution in [2.24, 2.45) is 0 Å². The van der Waals surface area contributed by atoms with Crippen LogP contribution in [0.2, 0.25) is 0 Å². The van der Waals surface area contributed by atoms with Crippen molar-refractivity contribution in [2.45, 2.75) is 13.1 Å². The van der Waals surface area contributed by atoms with Crippen molar-refractivity contribution in [3.8, 4) is 11.5 Å². The van der Waals surface area contributed by atoms with Gasteiger partial charge in [-0.2, -0.15) is 17.9 Å². The van der Waals surface area contributed by atoms with Gasteiger partial charge >= 0.3 is 6.18 Å². The molecule has 0 saturated heterocycles. The Balaban J connectivity index is 0.00000192. The summed E-state index contributed by atoms with van der Waals surface area (Å²) in [5.41, 5.74) is -0.668. The molecule has 0 aliphatic rings. The summed E-state index contributed by atoms with van der Waals surface area (Å²) in [4.78, 5) is 19.6. The number of rotatable bonds is 2. The van der Waals surface area contributed by atoms with Gasteiger partial charge in [-0.15, -0.1) is 12.4 Å². The lowest BCUT2D eigenvalue weighted by Gasteiger charge is -2.01. The van der Waals surface area contributed by atoms with E-state index in [4.69, 9.17) is 0 Å². The number of aryl methyl sites for hydroxylation is 1. The van der Waals surface area contributed by atoms with Gasteiger partial charge in [-0.1, -0.05) is 0 Å². The zero-order chi connectivity index (χ0) is 15.9. The average molecular weight is 346 g/mol. The summed E-state index contributed by atoms with van der Waals surface area (Å²) < 4.78 is 39.8. The molecule has 122 valence electrons. The number of aromatic nitrogens is 5. The highest BCUT2D eigenvalue weighted by atomic mass is 35.5. The lowest BCUT2D eigenvalue weighted by atomic mass is 10.3. The van der Waals surface area contributed by atoms with E-state index in [1.165, 1.54) is 12.4 Å². The van der Waals surface area contributed by atoms with Gasteiger partial charge in [0.2, 0.25) is 0 Å². The second kappa shape index (κ2) is 5.92. The molecule has 0 aliphatic heterocycles. The quantitative estimate of drug-likeness (QED) is 0.776. The van der Waals surface area contributed by atoms with Crippen molar-refractivity contribution in [1.82, 2.24) is 24.3 Å². The molecule has 0 amide bonds. The predicted octanol–water partition coefficient (Wildman–Crippen LogP) is 2.50. The fourth-order valence-corrected chi connectivity index (χ4v) is 1.96. The van der Waals surface area contributed by atoms with E-state index in [9.17, 15) is 18.0 Å². The molecule has 0 aromatic carbocycles. The Morgan fingerprint density at radius 1 is 1.26 bits per heavy atom. The van der Waals surface area contributed by atoms with E-state index in [0.29, 0.717) is 5.82 Å². The summed E-state index contributed by atoms with van der Waals surface area (Å²) in [6.45, 7) is 1.84. The molecule has 1 N–H and O–H groups in total. The van der Waals surface area contributed by atoms with Crippen molar-refractivity contribution in [3.05, 3.63) is 58.7 Å². The molecule has 3 aromatic rings. The topological polar surface area (TPSA) is 68.5 Å². The molecule has 0 radical (unpaired) electrons. The zero-order valence-electron chi connectivity index (χ0n) is 11.7. The molecule has 0 fully saturated rings. The molecule has 23 heavy (non-hydrogen) atoms. The molecule has 0 atom stereocenters. The van der Waals surface area contributed by atoms with Crippen molar-refractivity contribution < 1.29 is 13.2 Å². The van der Waals surface area contributed by atoms with Crippen LogP contribution in [0.1, 0.15) is 11.3 Å². The maximum Gasteiger partial charge on any atom is 0.434 e. The highest BCUT2D eigenvalue weighted by molar-refractivity contribution is 5.85. The van der Waals surface area contributed by atoms with Gasteiger partial charge in [0.1, 0.15) is 12.0 Å². The van der Waals surface area contributed by atoms with Crippen LogP contribution in [0.25, 0.3) is 11.5 Å². The minimum Gasteiger partial charge on any atom is -0.299 e. The molecule has 6 nitrogen and oxygen atoms in total. The molecule has 0 unspecified atom stereocenters. The number of nitrogens with one attached hydrogen (secondary N) is 1. The van der Waals surface area contributed by atoms with Crippen LogP contribution in [-0.2, 0) is 6.18 Å². The first-order chi connectivity index (χ1) is 10.4. The maximum atomic E-state index is 12.6. The maximum absolute atomic E-state index is 12.6. The third-order valence-electron chi connectivity index (χ3n) is 3.03. The van der Waals surface area contributed by atoms with Gasteiger partial charge in [0.25, 0.3) is 5.56 Å². The SMILES string of the molecule is Cc1ccnc(-n2[nH]cc(-n3cnc(C(F)(F)F)c3)c2=O)c1.Cl. The van der Waals surface area contributed by atoms with E-state index in [1.807, 2.05) is 6.92 Å². The number of nitrogens with zero attached hydrogens (tertiary/aromatic N) is 4. The highest BCUT2D eigenvalue weighted by Crippen LogP contribution is 2.27. The first-order valence-corrected chi connectivity index (χ1v) is 6.21. The molecule has 3 aromatic heterocycles. The first kappa shape index (κ1) is 16.8. The summed E-state index contributed by atoms with van der Waals surface area (Å²) in [5, 5.41) is 2.68. The van der Waals surface area contributed by atoms with E-state index in [-0.39, 0.29) is 18.1 Å². The molecule has 3 heterocycles. The van der Waals surface area contributed by atoms with E-state index in [1.54, 1.807) is 12.1 Å². The van der Waals surface area contributed by atoms with Crippen LogP contribution in [-0.4, -0.2) is 24.3 Å². The van der Waals surface area contributed by atoms with Crippen LogP contribution < -0.4 is 5.56 Å². The number of alkyl halides is 3. The lowest BCUT2D eigenvalue weighted by Crippen LogP contribution is -2.19. The van der Waals surface area contributed by atoms with Gasteiger partial charge in [0.15, 0.2) is 11.5 Å². The third kappa shape index (κ3) is 3.14. The van der Waals surface area contributed by atoms with Gasteiger partial charge in [-0.25, -0.2) is 9.97 Å². The number of hydrogen-bond acceptors (Lipinski definition) is 3. The molecule has 0 saturated carbocycles. The third-order valence-corrected chi connectivity index (χ3v) is 3.03.